The van der Waals surface area contributed by atoms with Crippen LogP contribution in [-0.4, -0.2) is 33.7 Å². The Morgan fingerprint density at radius 2 is 1.94 bits per heavy atom. The van der Waals surface area contributed by atoms with Gasteiger partial charge in [0.15, 0.2) is 5.65 Å². The van der Waals surface area contributed by atoms with E-state index in [1.165, 1.54) is 0 Å². The highest BCUT2D eigenvalue weighted by Gasteiger charge is 2.17. The fourth-order valence-electron chi connectivity index (χ4n) is 3.95. The van der Waals surface area contributed by atoms with E-state index in [0.29, 0.717) is 38.8 Å². The number of nitrogens with zero attached hydrogens (tertiary/aromatic N) is 3. The molecule has 6 aromatic rings. The second-order valence-corrected chi connectivity index (χ2v) is 8.50. The molecule has 4 heterocycles. The molecule has 0 radical (unpaired) electrons. The zero-order valence-corrected chi connectivity index (χ0v) is 19.1. The summed E-state index contributed by atoms with van der Waals surface area (Å²) in [7, 11) is 1.96. The van der Waals surface area contributed by atoms with E-state index in [1.807, 2.05) is 38.2 Å². The summed E-state index contributed by atoms with van der Waals surface area (Å²) in [5.74, 6) is -0.0913. The number of carbonyl (C=O) groups is 1. The van der Waals surface area contributed by atoms with E-state index >= 15 is 0 Å². The van der Waals surface area contributed by atoms with Gasteiger partial charge in [0.25, 0.3) is 11.5 Å². The first kappa shape index (κ1) is 21.1. The molecule has 1 amide bonds. The molecule has 0 atom stereocenters. The van der Waals surface area contributed by atoms with E-state index in [1.54, 1.807) is 36.5 Å². The van der Waals surface area contributed by atoms with Gasteiger partial charge in [0.1, 0.15) is 30.5 Å². The number of pyridine rings is 2. The third kappa shape index (κ3) is 3.72. The van der Waals surface area contributed by atoms with Gasteiger partial charge >= 0.3 is 0 Å². The SMILES string of the molecule is Bc1ccc2oc3c(=O)[nH]c(-c4ccc(NC(=O)c5ccc6cccnc6n5)cc4Cl)nc3c2c1. The minimum Gasteiger partial charge on any atom is -0.449 e. The maximum atomic E-state index is 12.7. The molecule has 0 spiro atoms. The number of furan rings is 1. The van der Waals surface area contributed by atoms with Gasteiger partial charge in [-0.1, -0.05) is 29.2 Å². The number of H-pyrrole nitrogens is 1. The number of benzene rings is 2. The van der Waals surface area contributed by atoms with Gasteiger partial charge in [0.2, 0.25) is 5.58 Å². The van der Waals surface area contributed by atoms with E-state index in [2.05, 4.69) is 25.3 Å². The summed E-state index contributed by atoms with van der Waals surface area (Å²) in [6.07, 6.45) is 1.62. The lowest BCUT2D eigenvalue weighted by atomic mass is 9.95. The minimum absolute atomic E-state index is 0.159. The fraction of sp³-hybridized carbons (Fsp3) is 0. The molecule has 0 unspecified atom stereocenters. The Labute approximate surface area is 203 Å². The normalized spacial score (nSPS) is 11.3. The second-order valence-electron chi connectivity index (χ2n) is 8.09. The van der Waals surface area contributed by atoms with Gasteiger partial charge in [-0.3, -0.25) is 9.59 Å². The third-order valence-corrected chi connectivity index (χ3v) is 5.97. The molecule has 8 nitrogen and oxygen atoms in total. The summed E-state index contributed by atoms with van der Waals surface area (Å²) in [6, 6.07) is 17.7. The van der Waals surface area contributed by atoms with Crippen molar-refractivity contribution in [3.8, 4) is 11.4 Å². The average molecular weight is 480 g/mol. The van der Waals surface area contributed by atoms with Gasteiger partial charge in [-0.25, -0.2) is 15.0 Å². The van der Waals surface area contributed by atoms with Crippen LogP contribution < -0.4 is 16.3 Å². The minimum atomic E-state index is -0.400. The number of anilines is 1. The molecule has 0 aliphatic heterocycles. The molecule has 2 aromatic carbocycles. The van der Waals surface area contributed by atoms with Gasteiger partial charge in [-0.15, -0.1) is 0 Å². The number of aromatic nitrogens is 4. The summed E-state index contributed by atoms with van der Waals surface area (Å²) >= 11 is 6.53. The molecule has 168 valence electrons. The molecule has 10 heteroatoms. The number of fused-ring (bicyclic) bond motifs is 4. The van der Waals surface area contributed by atoms with Crippen LogP contribution in [-0.2, 0) is 0 Å². The van der Waals surface area contributed by atoms with Crippen molar-refractivity contribution in [2.24, 2.45) is 0 Å². The van der Waals surface area contributed by atoms with Crippen LogP contribution in [0.5, 0.6) is 0 Å². The zero-order chi connectivity index (χ0) is 24.1. The van der Waals surface area contributed by atoms with Gasteiger partial charge in [0.05, 0.1) is 5.02 Å². The summed E-state index contributed by atoms with van der Waals surface area (Å²) in [6.45, 7) is 0. The fourth-order valence-corrected chi connectivity index (χ4v) is 4.22. The predicted molar refractivity (Wildman–Crippen MR) is 138 cm³/mol. The maximum Gasteiger partial charge on any atom is 0.294 e. The van der Waals surface area contributed by atoms with Gasteiger partial charge in [0, 0.05) is 28.2 Å². The van der Waals surface area contributed by atoms with Crippen molar-refractivity contribution in [2.75, 3.05) is 5.32 Å². The number of amides is 1. The standard InChI is InChI=1S/C25H15BClN5O3/c26-13-4-8-19-16(10-13)20-21(35-19)25(34)32-23(31-20)15-6-5-14(11-17(15)27)29-24(33)18-7-3-12-2-1-9-28-22(12)30-18/h1-11H,26H2,(H,29,33)(H,31,32,34). The van der Waals surface area contributed by atoms with E-state index in [4.69, 9.17) is 16.0 Å². The van der Waals surface area contributed by atoms with E-state index < -0.39 is 11.5 Å². The van der Waals surface area contributed by atoms with Crippen LogP contribution in [0.3, 0.4) is 0 Å². The molecule has 35 heavy (non-hydrogen) atoms. The highest BCUT2D eigenvalue weighted by molar-refractivity contribution is 6.34. The van der Waals surface area contributed by atoms with Crippen LogP contribution in [0.2, 0.25) is 5.02 Å². The molecular formula is C25H15BClN5O3. The summed E-state index contributed by atoms with van der Waals surface area (Å²) < 4.78 is 5.69. The summed E-state index contributed by atoms with van der Waals surface area (Å²) in [5.41, 5.74) is 3.54. The number of hydrogen-bond donors (Lipinski definition) is 2. The molecule has 0 bridgehead atoms. The zero-order valence-electron chi connectivity index (χ0n) is 18.3. The number of hydrogen-bond acceptors (Lipinski definition) is 6. The molecule has 6 rings (SSSR count). The molecule has 0 aliphatic carbocycles. The lowest BCUT2D eigenvalue weighted by Crippen LogP contribution is -2.14. The van der Waals surface area contributed by atoms with Gasteiger partial charge in [-0.2, -0.15) is 0 Å². The molecule has 0 saturated heterocycles. The van der Waals surface area contributed by atoms with Crippen LogP contribution in [0.4, 0.5) is 5.69 Å². The maximum absolute atomic E-state index is 12.7. The highest BCUT2D eigenvalue weighted by Crippen LogP contribution is 2.30. The Hall–Kier alpha value is -4.50. The van der Waals surface area contributed by atoms with Gasteiger partial charge in [-0.05, 0) is 48.5 Å². The Morgan fingerprint density at radius 3 is 2.80 bits per heavy atom. The number of halogens is 1. The lowest BCUT2D eigenvalue weighted by Gasteiger charge is -2.09. The molecule has 2 N–H and O–H groups in total. The largest absolute Gasteiger partial charge is 0.449 e. The molecular weight excluding hydrogens is 465 g/mol. The Balaban J connectivity index is 1.34. The van der Waals surface area contributed by atoms with Crippen LogP contribution >= 0.6 is 11.6 Å². The average Bonchev–Trinajstić information content (AvgIpc) is 3.22. The van der Waals surface area contributed by atoms with Crippen molar-refractivity contribution in [1.29, 1.82) is 0 Å². The van der Waals surface area contributed by atoms with Crippen LogP contribution in [0.15, 0.2) is 76.1 Å². The van der Waals surface area contributed by atoms with Crippen molar-refractivity contribution in [3.63, 3.8) is 0 Å². The van der Waals surface area contributed by atoms with Crippen molar-refractivity contribution < 1.29 is 9.21 Å². The van der Waals surface area contributed by atoms with Crippen molar-refractivity contribution >= 4 is 69.6 Å². The first-order chi connectivity index (χ1) is 17.0. The van der Waals surface area contributed by atoms with Crippen molar-refractivity contribution in [2.45, 2.75) is 0 Å². The topological polar surface area (TPSA) is 114 Å². The monoisotopic (exact) mass is 479 g/mol. The van der Waals surface area contributed by atoms with Crippen molar-refractivity contribution in [3.05, 3.63) is 87.9 Å². The van der Waals surface area contributed by atoms with Crippen LogP contribution in [0.1, 0.15) is 10.5 Å². The molecule has 0 aliphatic rings. The third-order valence-electron chi connectivity index (χ3n) is 5.66. The summed E-state index contributed by atoms with van der Waals surface area (Å²) in [5, 5.41) is 4.69. The Morgan fingerprint density at radius 1 is 1.06 bits per heavy atom. The highest BCUT2D eigenvalue weighted by atomic mass is 35.5. The lowest BCUT2D eigenvalue weighted by molar-refractivity contribution is 0.102. The number of rotatable bonds is 3. The van der Waals surface area contributed by atoms with Crippen molar-refractivity contribution in [1.82, 2.24) is 19.9 Å². The number of nitrogens with one attached hydrogen (secondary N) is 2. The van der Waals surface area contributed by atoms with Crippen LogP contribution in [0.25, 0.3) is 44.5 Å². The Bertz CT molecular complexity index is 1860. The molecule has 0 fully saturated rings. The first-order valence-electron chi connectivity index (χ1n) is 10.7. The van der Waals surface area contributed by atoms with E-state index in [0.717, 1.165) is 16.2 Å². The van der Waals surface area contributed by atoms with Crippen LogP contribution in [0, 0.1) is 0 Å². The molecule has 4 aromatic heterocycles. The first-order valence-corrected chi connectivity index (χ1v) is 11.1. The van der Waals surface area contributed by atoms with E-state index in [-0.39, 0.29) is 11.3 Å². The predicted octanol–water partition coefficient (Wildman–Crippen LogP) is 3.44. The Kier molecular flexibility index (Phi) is 4.86. The smallest absolute Gasteiger partial charge is 0.294 e. The second kappa shape index (κ2) is 8.07. The number of carbonyl (C=O) groups excluding carboxylic acids is 1. The quantitative estimate of drug-likeness (QED) is 0.376. The molecule has 0 saturated carbocycles. The summed E-state index contributed by atoms with van der Waals surface area (Å²) in [4.78, 5) is 41.3. The van der Waals surface area contributed by atoms with E-state index in [9.17, 15) is 9.59 Å². The number of aromatic amines is 1. The van der Waals surface area contributed by atoms with Gasteiger partial charge < -0.3 is 14.7 Å².